The van der Waals surface area contributed by atoms with Gasteiger partial charge in [-0.3, -0.25) is 14.5 Å². The second-order valence-corrected chi connectivity index (χ2v) is 8.85. The van der Waals surface area contributed by atoms with Crippen molar-refractivity contribution < 1.29 is 14.6 Å². The van der Waals surface area contributed by atoms with Crippen molar-refractivity contribution in [3.63, 3.8) is 0 Å². The zero-order valence-corrected chi connectivity index (χ0v) is 19.1. The Bertz CT molecular complexity index is 1260. The molecule has 1 amide bonds. The Balaban J connectivity index is 1.39. The van der Waals surface area contributed by atoms with Gasteiger partial charge >= 0.3 is 0 Å². The zero-order valence-electron chi connectivity index (χ0n) is 19.1. The smallest absolute Gasteiger partial charge is 0.258 e. The molecule has 1 aromatic carbocycles. The van der Waals surface area contributed by atoms with Gasteiger partial charge in [-0.15, -0.1) is 0 Å². The van der Waals surface area contributed by atoms with Crippen molar-refractivity contribution in [2.24, 2.45) is 11.8 Å². The topological polar surface area (TPSA) is 110 Å². The average molecular weight is 462 g/mol. The number of aliphatic hydroxyl groups excluding tert-OH is 1. The second-order valence-electron chi connectivity index (χ2n) is 8.85. The molecule has 0 bridgehead atoms. The number of carbonyl (C=O) groups is 1. The van der Waals surface area contributed by atoms with E-state index in [9.17, 15) is 14.7 Å². The van der Waals surface area contributed by atoms with Crippen molar-refractivity contribution in [3.05, 3.63) is 76.7 Å². The van der Waals surface area contributed by atoms with Crippen LogP contribution in [0.25, 0.3) is 11.1 Å². The highest BCUT2D eigenvalue weighted by molar-refractivity contribution is 5.82. The number of aliphatic hydroxyl groups is 1. The molecular formula is C25H27N5O4. The zero-order chi connectivity index (χ0) is 23.8. The van der Waals surface area contributed by atoms with Gasteiger partial charge in [-0.05, 0) is 36.9 Å². The van der Waals surface area contributed by atoms with Crippen LogP contribution >= 0.6 is 0 Å². The lowest BCUT2D eigenvalue weighted by molar-refractivity contribution is -0.127. The number of likely N-dealkylation sites (N-methyl/N-ethyl adjacent to an activating group) is 1. The normalized spacial score (nSPS) is 23.4. The lowest BCUT2D eigenvalue weighted by Crippen LogP contribution is -2.46. The number of nitrogens with one attached hydrogen (secondary N) is 1. The van der Waals surface area contributed by atoms with Crippen LogP contribution in [0.4, 0.5) is 0 Å². The van der Waals surface area contributed by atoms with E-state index in [-0.39, 0.29) is 36.0 Å². The van der Waals surface area contributed by atoms with Crippen molar-refractivity contribution >= 4 is 5.91 Å². The molecule has 0 aliphatic carbocycles. The fourth-order valence-corrected chi connectivity index (χ4v) is 5.51. The minimum Gasteiger partial charge on any atom is -0.497 e. The van der Waals surface area contributed by atoms with Crippen molar-refractivity contribution in [3.8, 4) is 16.9 Å². The highest BCUT2D eigenvalue weighted by atomic mass is 16.5. The largest absolute Gasteiger partial charge is 0.497 e. The molecular weight excluding hydrogens is 434 g/mol. The highest BCUT2D eigenvalue weighted by Gasteiger charge is 2.54. The molecule has 0 saturated carbocycles. The molecule has 34 heavy (non-hydrogen) atoms. The maximum atomic E-state index is 13.3. The molecule has 2 aliphatic rings. The average Bonchev–Trinajstić information content (AvgIpc) is 3.38. The molecule has 9 heteroatoms. The van der Waals surface area contributed by atoms with E-state index in [0.717, 1.165) is 17.0 Å². The predicted molar refractivity (Wildman–Crippen MR) is 125 cm³/mol. The summed E-state index contributed by atoms with van der Waals surface area (Å²) in [6, 6.07) is 10.7. The van der Waals surface area contributed by atoms with Gasteiger partial charge in [0, 0.05) is 55.2 Å². The summed E-state index contributed by atoms with van der Waals surface area (Å²) in [7, 11) is 3.50. The van der Waals surface area contributed by atoms with Crippen LogP contribution in [0.3, 0.4) is 0 Å². The quantitative estimate of drug-likeness (QED) is 0.568. The third-order valence-electron chi connectivity index (χ3n) is 7.09. The first-order chi connectivity index (χ1) is 16.5. The molecule has 3 aromatic rings. The maximum absolute atomic E-state index is 13.3. The summed E-state index contributed by atoms with van der Waals surface area (Å²) < 4.78 is 7.02. The molecule has 9 nitrogen and oxygen atoms in total. The van der Waals surface area contributed by atoms with Gasteiger partial charge in [0.15, 0.2) is 0 Å². The molecule has 5 rings (SSSR count). The Morgan fingerprint density at radius 2 is 2.03 bits per heavy atom. The lowest BCUT2D eigenvalue weighted by atomic mass is 9.88. The number of amides is 1. The van der Waals surface area contributed by atoms with E-state index in [1.54, 1.807) is 30.1 Å². The minimum absolute atomic E-state index is 0.0439. The van der Waals surface area contributed by atoms with Crippen LogP contribution in [-0.2, 0) is 17.9 Å². The molecule has 4 atom stereocenters. The van der Waals surface area contributed by atoms with Crippen molar-refractivity contribution in [1.29, 1.82) is 0 Å². The van der Waals surface area contributed by atoms with E-state index in [1.807, 2.05) is 42.3 Å². The fraction of sp³-hybridized carbons (Fsp3) is 0.360. The molecule has 0 unspecified atom stereocenters. The lowest BCUT2D eigenvalue weighted by Gasteiger charge is -2.27. The Morgan fingerprint density at radius 3 is 2.76 bits per heavy atom. The van der Waals surface area contributed by atoms with Crippen LogP contribution in [-0.4, -0.2) is 57.3 Å². The van der Waals surface area contributed by atoms with Gasteiger partial charge in [-0.2, -0.15) is 0 Å². The number of ether oxygens (including phenoxy) is 1. The number of benzene rings is 1. The summed E-state index contributed by atoms with van der Waals surface area (Å²) in [5, 5.41) is 13.3. The number of fused-ring (bicyclic) bond motifs is 3. The summed E-state index contributed by atoms with van der Waals surface area (Å²) in [5.74, 6) is 0.266. The third-order valence-corrected chi connectivity index (χ3v) is 7.09. The summed E-state index contributed by atoms with van der Waals surface area (Å²) in [4.78, 5) is 36.5. The predicted octanol–water partition coefficient (Wildman–Crippen LogP) is 1.22. The van der Waals surface area contributed by atoms with Gasteiger partial charge in [0.2, 0.25) is 5.91 Å². The fourth-order valence-electron chi connectivity index (χ4n) is 5.51. The van der Waals surface area contributed by atoms with E-state index < -0.39 is 6.04 Å². The molecule has 2 aliphatic heterocycles. The van der Waals surface area contributed by atoms with Gasteiger partial charge in [0.05, 0.1) is 24.8 Å². The number of pyridine rings is 1. The molecule has 4 heterocycles. The van der Waals surface area contributed by atoms with Crippen molar-refractivity contribution in [2.75, 3.05) is 20.8 Å². The number of rotatable bonds is 6. The molecule has 0 spiro atoms. The molecule has 0 radical (unpaired) electrons. The van der Waals surface area contributed by atoms with Gasteiger partial charge < -0.3 is 19.7 Å². The van der Waals surface area contributed by atoms with Gasteiger partial charge in [0.25, 0.3) is 5.56 Å². The van der Waals surface area contributed by atoms with Crippen LogP contribution in [0.15, 0.2) is 59.9 Å². The number of nitrogens with zero attached hydrogens (tertiary/aromatic N) is 4. The monoisotopic (exact) mass is 461 g/mol. The van der Waals surface area contributed by atoms with E-state index >= 15 is 0 Å². The molecule has 2 N–H and O–H groups in total. The van der Waals surface area contributed by atoms with Gasteiger partial charge in [-0.1, -0.05) is 12.1 Å². The Hall–Kier alpha value is -3.56. The molecule has 1 fully saturated rings. The second kappa shape index (κ2) is 9.00. The van der Waals surface area contributed by atoms with E-state index in [2.05, 4.69) is 15.3 Å². The Morgan fingerprint density at radius 1 is 1.24 bits per heavy atom. The van der Waals surface area contributed by atoms with Gasteiger partial charge in [-0.25, -0.2) is 9.97 Å². The van der Waals surface area contributed by atoms with Crippen molar-refractivity contribution in [2.45, 2.75) is 25.2 Å². The molecule has 2 aromatic heterocycles. The SMILES string of the molecule is COc1cccc(CNC(=O)[C@@H]2[C@@H](CO)[C@@H]3Cn4c(ccc(-c5cncnc5)c4=O)[C@@H]3N2C)c1. The third kappa shape index (κ3) is 3.66. The molecule has 1 saturated heterocycles. The Labute approximate surface area is 197 Å². The number of carbonyl (C=O) groups excluding carboxylic acids is 1. The van der Waals surface area contributed by atoms with Crippen LogP contribution in [0.1, 0.15) is 17.3 Å². The number of hydrogen-bond acceptors (Lipinski definition) is 7. The maximum Gasteiger partial charge on any atom is 0.258 e. The highest BCUT2D eigenvalue weighted by Crippen LogP contribution is 2.48. The van der Waals surface area contributed by atoms with E-state index in [0.29, 0.717) is 24.2 Å². The van der Waals surface area contributed by atoms with Gasteiger partial charge in [0.1, 0.15) is 12.1 Å². The number of hydrogen-bond donors (Lipinski definition) is 2. The summed E-state index contributed by atoms with van der Waals surface area (Å²) in [5.41, 5.74) is 2.90. The Kier molecular flexibility index (Phi) is 5.89. The minimum atomic E-state index is -0.489. The van der Waals surface area contributed by atoms with Crippen LogP contribution < -0.4 is 15.6 Å². The molecule has 176 valence electrons. The van der Waals surface area contributed by atoms with Crippen LogP contribution in [0.5, 0.6) is 5.75 Å². The number of methoxy groups -OCH3 is 1. The first-order valence-corrected chi connectivity index (χ1v) is 11.3. The van der Waals surface area contributed by atoms with E-state index in [4.69, 9.17) is 4.74 Å². The van der Waals surface area contributed by atoms with Crippen LogP contribution in [0, 0.1) is 11.8 Å². The first-order valence-electron chi connectivity index (χ1n) is 11.3. The van der Waals surface area contributed by atoms with Crippen LogP contribution in [0.2, 0.25) is 0 Å². The summed E-state index contributed by atoms with van der Waals surface area (Å²) >= 11 is 0. The summed E-state index contributed by atoms with van der Waals surface area (Å²) in [6.07, 6.45) is 4.68. The van der Waals surface area contributed by atoms with E-state index in [1.165, 1.54) is 6.33 Å². The van der Waals surface area contributed by atoms with Crippen molar-refractivity contribution in [1.82, 2.24) is 24.8 Å². The standard InChI is InChI=1S/C25H27N5O4/c1-29-22-19(12-30-21(22)7-6-18(25(30)33)16-10-26-14-27-11-16)20(13-31)23(29)24(32)28-9-15-4-3-5-17(8-15)34-2/h3-8,10-11,14,19-20,22-23,31H,9,12-13H2,1-2H3,(H,28,32)/t19-,20-,22+,23-/m0/s1. The number of likely N-dealkylation sites (tertiary alicyclic amines) is 1. The first kappa shape index (κ1) is 22.2. The number of aromatic nitrogens is 3. The summed E-state index contributed by atoms with van der Waals surface area (Å²) in [6.45, 7) is 0.687.